The Morgan fingerprint density at radius 3 is 2.88 bits per heavy atom. The van der Waals surface area contributed by atoms with E-state index in [0.717, 1.165) is 31.6 Å². The molecule has 0 spiro atoms. The van der Waals surface area contributed by atoms with Gasteiger partial charge in [-0.05, 0) is 31.4 Å². The fourth-order valence-electron chi connectivity index (χ4n) is 2.76. The number of ether oxygens (including phenoxy) is 1. The van der Waals surface area contributed by atoms with Crippen LogP contribution in [0.25, 0.3) is 0 Å². The molecule has 0 N–H and O–H groups in total. The van der Waals surface area contributed by atoms with Crippen LogP contribution in [0.4, 0.5) is 10.1 Å². The Kier molecular flexibility index (Phi) is 2.27. The molecule has 1 fully saturated rings. The van der Waals surface area contributed by atoms with E-state index in [1.54, 1.807) is 7.11 Å². The van der Waals surface area contributed by atoms with Crippen molar-refractivity contribution in [3.8, 4) is 5.75 Å². The van der Waals surface area contributed by atoms with E-state index >= 15 is 0 Å². The van der Waals surface area contributed by atoms with Crippen LogP contribution in [0.3, 0.4) is 0 Å². The van der Waals surface area contributed by atoms with Crippen molar-refractivity contribution in [2.75, 3.05) is 18.6 Å². The van der Waals surface area contributed by atoms with E-state index in [0.29, 0.717) is 0 Å². The molecule has 1 aromatic rings. The van der Waals surface area contributed by atoms with E-state index in [4.69, 9.17) is 4.74 Å². The fraction of sp³-hybridized carbons (Fsp3) is 0.538. The van der Waals surface area contributed by atoms with Crippen molar-refractivity contribution in [3.63, 3.8) is 0 Å². The molecular formula is C13H16FNO. The topological polar surface area (TPSA) is 12.5 Å². The molecule has 0 bridgehead atoms. The molecular weight excluding hydrogens is 205 g/mol. The summed E-state index contributed by atoms with van der Waals surface area (Å²) in [6.45, 7) is 0.931. The lowest BCUT2D eigenvalue weighted by Gasteiger charge is -2.39. The van der Waals surface area contributed by atoms with Crippen molar-refractivity contribution in [2.24, 2.45) is 0 Å². The molecule has 1 heterocycles. The SMILES string of the molecule is COc1cccc2c1CCN2C1CCC1F. The number of benzene rings is 1. The monoisotopic (exact) mass is 221 g/mol. The Morgan fingerprint density at radius 2 is 2.25 bits per heavy atom. The summed E-state index contributed by atoms with van der Waals surface area (Å²) in [7, 11) is 1.69. The summed E-state index contributed by atoms with van der Waals surface area (Å²) in [5.74, 6) is 0.940. The van der Waals surface area contributed by atoms with Gasteiger partial charge in [0.25, 0.3) is 0 Å². The minimum absolute atomic E-state index is 0.105. The lowest BCUT2D eigenvalue weighted by molar-refractivity contribution is 0.166. The third kappa shape index (κ3) is 1.30. The highest BCUT2D eigenvalue weighted by Gasteiger charge is 2.38. The van der Waals surface area contributed by atoms with E-state index in [2.05, 4.69) is 11.0 Å². The van der Waals surface area contributed by atoms with Gasteiger partial charge in [-0.1, -0.05) is 6.07 Å². The van der Waals surface area contributed by atoms with Crippen LogP contribution in [-0.4, -0.2) is 25.9 Å². The summed E-state index contributed by atoms with van der Waals surface area (Å²) in [4.78, 5) is 2.21. The van der Waals surface area contributed by atoms with Crippen LogP contribution in [0.2, 0.25) is 0 Å². The van der Waals surface area contributed by atoms with Crippen molar-refractivity contribution in [1.82, 2.24) is 0 Å². The first kappa shape index (κ1) is 9.94. The third-order valence-electron chi connectivity index (χ3n) is 3.80. The van der Waals surface area contributed by atoms with Gasteiger partial charge in [-0.25, -0.2) is 4.39 Å². The van der Waals surface area contributed by atoms with Crippen LogP contribution in [0.5, 0.6) is 5.75 Å². The Labute approximate surface area is 95.0 Å². The summed E-state index contributed by atoms with van der Waals surface area (Å²) >= 11 is 0. The number of halogens is 1. The molecule has 0 radical (unpaired) electrons. The van der Waals surface area contributed by atoms with Gasteiger partial charge in [-0.3, -0.25) is 0 Å². The summed E-state index contributed by atoms with van der Waals surface area (Å²) in [6, 6.07) is 6.15. The summed E-state index contributed by atoms with van der Waals surface area (Å²) in [5, 5.41) is 0. The smallest absolute Gasteiger partial charge is 0.124 e. The number of alkyl halides is 1. The summed E-state index contributed by atoms with van der Waals surface area (Å²) in [5.41, 5.74) is 2.41. The third-order valence-corrected chi connectivity index (χ3v) is 3.80. The summed E-state index contributed by atoms with van der Waals surface area (Å²) < 4.78 is 18.8. The average molecular weight is 221 g/mol. The van der Waals surface area contributed by atoms with Gasteiger partial charge in [0.15, 0.2) is 0 Å². The van der Waals surface area contributed by atoms with Crippen molar-refractivity contribution in [2.45, 2.75) is 31.5 Å². The highest BCUT2D eigenvalue weighted by Crippen LogP contribution is 2.40. The molecule has 0 aromatic heterocycles. The first-order valence-corrected chi connectivity index (χ1v) is 5.88. The summed E-state index contributed by atoms with van der Waals surface area (Å²) in [6.07, 6.45) is 2.04. The van der Waals surface area contributed by atoms with Gasteiger partial charge in [0.05, 0.1) is 13.2 Å². The zero-order valence-electron chi connectivity index (χ0n) is 9.45. The van der Waals surface area contributed by atoms with Crippen molar-refractivity contribution in [1.29, 1.82) is 0 Å². The number of rotatable bonds is 2. The van der Waals surface area contributed by atoms with Gasteiger partial charge < -0.3 is 9.64 Å². The number of methoxy groups -OCH3 is 1. The molecule has 2 atom stereocenters. The molecule has 1 aliphatic heterocycles. The second kappa shape index (κ2) is 3.65. The highest BCUT2D eigenvalue weighted by molar-refractivity contribution is 5.64. The molecule has 1 aliphatic carbocycles. The first-order valence-electron chi connectivity index (χ1n) is 5.88. The van der Waals surface area contributed by atoms with Crippen molar-refractivity contribution in [3.05, 3.63) is 23.8 Å². The van der Waals surface area contributed by atoms with Crippen molar-refractivity contribution >= 4 is 5.69 Å². The van der Waals surface area contributed by atoms with Crippen LogP contribution in [0, 0.1) is 0 Å². The predicted molar refractivity (Wildman–Crippen MR) is 62.0 cm³/mol. The highest BCUT2D eigenvalue weighted by atomic mass is 19.1. The Hall–Kier alpha value is -1.25. The van der Waals surface area contributed by atoms with Gasteiger partial charge in [0.1, 0.15) is 11.9 Å². The quantitative estimate of drug-likeness (QED) is 0.761. The minimum atomic E-state index is -0.642. The van der Waals surface area contributed by atoms with Gasteiger partial charge in [0.2, 0.25) is 0 Å². The van der Waals surface area contributed by atoms with E-state index in [-0.39, 0.29) is 6.04 Å². The molecule has 86 valence electrons. The van der Waals surface area contributed by atoms with Crippen LogP contribution >= 0.6 is 0 Å². The van der Waals surface area contributed by atoms with E-state index in [1.165, 1.54) is 11.3 Å². The molecule has 0 saturated heterocycles. The van der Waals surface area contributed by atoms with E-state index < -0.39 is 6.17 Å². The minimum Gasteiger partial charge on any atom is -0.496 e. The molecule has 2 unspecified atom stereocenters. The zero-order chi connectivity index (χ0) is 11.1. The number of nitrogens with zero attached hydrogens (tertiary/aromatic N) is 1. The Morgan fingerprint density at radius 1 is 1.38 bits per heavy atom. The second-order valence-electron chi connectivity index (χ2n) is 4.56. The standard InChI is InChI=1S/C13H16FNO/c1-16-13-4-2-3-11-9(13)7-8-15(11)12-6-5-10(12)14/h2-4,10,12H,5-8H2,1H3. The second-order valence-corrected chi connectivity index (χ2v) is 4.56. The van der Waals surface area contributed by atoms with Crippen LogP contribution in [0.1, 0.15) is 18.4 Å². The largest absolute Gasteiger partial charge is 0.496 e. The maximum absolute atomic E-state index is 13.4. The number of fused-ring (bicyclic) bond motifs is 1. The maximum atomic E-state index is 13.4. The molecule has 1 saturated carbocycles. The average Bonchev–Trinajstić information content (AvgIpc) is 2.71. The molecule has 3 heteroatoms. The molecule has 1 aromatic carbocycles. The van der Waals surface area contributed by atoms with Gasteiger partial charge in [-0.15, -0.1) is 0 Å². The Balaban J connectivity index is 1.93. The lowest BCUT2D eigenvalue weighted by atomic mass is 9.89. The van der Waals surface area contributed by atoms with Gasteiger partial charge in [0, 0.05) is 17.8 Å². The fourth-order valence-corrected chi connectivity index (χ4v) is 2.76. The number of hydrogen-bond acceptors (Lipinski definition) is 2. The molecule has 2 aliphatic rings. The Bertz CT molecular complexity index is 407. The molecule has 3 rings (SSSR count). The molecule has 0 amide bonds. The maximum Gasteiger partial charge on any atom is 0.124 e. The van der Waals surface area contributed by atoms with E-state index in [1.807, 2.05) is 12.1 Å². The number of anilines is 1. The van der Waals surface area contributed by atoms with Crippen LogP contribution < -0.4 is 9.64 Å². The predicted octanol–water partition coefficient (Wildman–Crippen LogP) is 2.56. The molecule has 16 heavy (non-hydrogen) atoms. The van der Waals surface area contributed by atoms with Gasteiger partial charge in [-0.2, -0.15) is 0 Å². The van der Waals surface area contributed by atoms with E-state index in [9.17, 15) is 4.39 Å². The normalized spacial score (nSPS) is 27.5. The first-order chi connectivity index (χ1) is 7.81. The van der Waals surface area contributed by atoms with Gasteiger partial charge >= 0.3 is 0 Å². The number of hydrogen-bond donors (Lipinski definition) is 0. The van der Waals surface area contributed by atoms with Crippen LogP contribution in [0.15, 0.2) is 18.2 Å². The lowest BCUT2D eigenvalue weighted by Crippen LogP contribution is -2.48. The molecule has 2 nitrogen and oxygen atoms in total. The van der Waals surface area contributed by atoms with Crippen molar-refractivity contribution < 1.29 is 9.13 Å². The van der Waals surface area contributed by atoms with Crippen LogP contribution in [-0.2, 0) is 6.42 Å². The zero-order valence-corrected chi connectivity index (χ0v) is 9.45.